The van der Waals surface area contributed by atoms with Crippen LogP contribution in [0.5, 0.6) is 0 Å². The number of amides is 1. The Balaban J connectivity index is 1.65. The number of hydrogen-bond donors (Lipinski definition) is 1. The van der Waals surface area contributed by atoms with Gasteiger partial charge in [0.25, 0.3) is 0 Å². The lowest BCUT2D eigenvalue weighted by molar-refractivity contribution is -0.116. The van der Waals surface area contributed by atoms with Crippen LogP contribution in [-0.4, -0.2) is 15.7 Å². The average molecular weight is 318 g/mol. The van der Waals surface area contributed by atoms with Gasteiger partial charge in [-0.15, -0.1) is 0 Å². The van der Waals surface area contributed by atoms with Gasteiger partial charge in [0.05, 0.1) is 5.69 Å². The highest BCUT2D eigenvalue weighted by atomic mass is 35.5. The van der Waals surface area contributed by atoms with E-state index in [4.69, 9.17) is 11.6 Å². The molecule has 1 aromatic heterocycles. The number of anilines is 1. The number of nitrogens with zero attached hydrogens (tertiary/aromatic N) is 2. The van der Waals surface area contributed by atoms with E-state index < -0.39 is 0 Å². The number of aromatic nitrogens is 2. The highest BCUT2D eigenvalue weighted by Crippen LogP contribution is 2.21. The molecular weight excluding hydrogens is 298 g/mol. The molecule has 1 N–H and O–H groups in total. The largest absolute Gasteiger partial charge is 0.324 e. The number of carbonyl (C=O) groups excluding carboxylic acids is 1. The van der Waals surface area contributed by atoms with E-state index in [1.54, 1.807) is 10.7 Å². The number of fused-ring (bicyclic) bond motifs is 1. The molecule has 1 aromatic carbocycles. The first-order valence-corrected chi connectivity index (χ1v) is 8.11. The highest BCUT2D eigenvalue weighted by Gasteiger charge is 2.14. The predicted octanol–water partition coefficient (Wildman–Crippen LogP) is 3.75. The maximum absolute atomic E-state index is 12.1. The van der Waals surface area contributed by atoms with Crippen LogP contribution in [0.15, 0.2) is 24.4 Å². The minimum Gasteiger partial charge on any atom is -0.324 e. The van der Waals surface area contributed by atoms with E-state index in [9.17, 15) is 4.79 Å². The summed E-state index contributed by atoms with van der Waals surface area (Å²) >= 11 is 6.07. The molecule has 1 heterocycles. The van der Waals surface area contributed by atoms with Gasteiger partial charge in [0.1, 0.15) is 6.54 Å². The second-order valence-corrected chi connectivity index (χ2v) is 6.28. The van der Waals surface area contributed by atoms with Gasteiger partial charge in [-0.2, -0.15) is 5.10 Å². The maximum Gasteiger partial charge on any atom is 0.246 e. The lowest BCUT2D eigenvalue weighted by Crippen LogP contribution is -2.19. The van der Waals surface area contributed by atoms with Gasteiger partial charge in [0, 0.05) is 16.9 Å². The van der Waals surface area contributed by atoms with Crippen LogP contribution in [0.1, 0.15) is 36.1 Å². The molecule has 0 saturated heterocycles. The van der Waals surface area contributed by atoms with E-state index >= 15 is 0 Å². The standard InChI is InChI=1S/C17H20ClN3O/c1-12-7-8-14(9-15(12)18)19-17(22)11-21-10-13-5-3-2-4-6-16(13)20-21/h7-10H,2-6,11H2,1H3,(H,19,22). The van der Waals surface area contributed by atoms with Crippen molar-refractivity contribution in [2.75, 3.05) is 5.32 Å². The van der Waals surface area contributed by atoms with E-state index in [0.29, 0.717) is 10.7 Å². The summed E-state index contributed by atoms with van der Waals surface area (Å²) < 4.78 is 1.75. The van der Waals surface area contributed by atoms with Crippen molar-refractivity contribution in [1.29, 1.82) is 0 Å². The summed E-state index contributed by atoms with van der Waals surface area (Å²) in [6.45, 7) is 2.17. The van der Waals surface area contributed by atoms with Crippen LogP contribution in [0.25, 0.3) is 0 Å². The zero-order valence-electron chi connectivity index (χ0n) is 12.7. The first-order valence-electron chi connectivity index (χ1n) is 7.73. The van der Waals surface area contributed by atoms with E-state index in [1.807, 2.05) is 25.3 Å². The molecule has 3 rings (SSSR count). The van der Waals surface area contributed by atoms with Gasteiger partial charge in [-0.05, 0) is 55.9 Å². The van der Waals surface area contributed by atoms with Gasteiger partial charge < -0.3 is 5.32 Å². The Hall–Kier alpha value is -1.81. The molecule has 5 heteroatoms. The van der Waals surface area contributed by atoms with Crippen molar-refractivity contribution in [3.05, 3.63) is 46.2 Å². The SMILES string of the molecule is Cc1ccc(NC(=O)Cn2cc3c(n2)CCCCC3)cc1Cl. The normalized spacial score (nSPS) is 14.3. The molecular formula is C17H20ClN3O. The lowest BCUT2D eigenvalue weighted by atomic mass is 10.1. The Morgan fingerprint density at radius 1 is 1.32 bits per heavy atom. The lowest BCUT2D eigenvalue weighted by Gasteiger charge is -2.07. The summed E-state index contributed by atoms with van der Waals surface area (Å²) in [5.41, 5.74) is 4.16. The first-order chi connectivity index (χ1) is 10.6. The number of carbonyl (C=O) groups is 1. The van der Waals surface area contributed by atoms with Crippen LogP contribution in [-0.2, 0) is 24.2 Å². The van der Waals surface area contributed by atoms with Crippen LogP contribution < -0.4 is 5.32 Å². The number of rotatable bonds is 3. The Kier molecular flexibility index (Phi) is 4.48. The van der Waals surface area contributed by atoms with E-state index in [1.165, 1.54) is 24.8 Å². The molecule has 0 saturated carbocycles. The van der Waals surface area contributed by atoms with Crippen molar-refractivity contribution in [3.8, 4) is 0 Å². The van der Waals surface area contributed by atoms with E-state index in [0.717, 1.165) is 24.1 Å². The van der Waals surface area contributed by atoms with Crippen LogP contribution in [0.2, 0.25) is 5.02 Å². The molecule has 0 aliphatic heterocycles. The Morgan fingerprint density at radius 3 is 2.95 bits per heavy atom. The van der Waals surface area contributed by atoms with E-state index in [2.05, 4.69) is 10.4 Å². The van der Waals surface area contributed by atoms with Crippen LogP contribution in [0.3, 0.4) is 0 Å². The summed E-state index contributed by atoms with van der Waals surface area (Å²) in [6, 6.07) is 5.53. The van der Waals surface area contributed by atoms with Gasteiger partial charge in [0.15, 0.2) is 0 Å². The zero-order valence-corrected chi connectivity index (χ0v) is 13.5. The smallest absolute Gasteiger partial charge is 0.246 e. The summed E-state index contributed by atoms with van der Waals surface area (Å²) in [7, 11) is 0. The monoisotopic (exact) mass is 317 g/mol. The van der Waals surface area contributed by atoms with E-state index in [-0.39, 0.29) is 12.5 Å². The minimum absolute atomic E-state index is 0.0856. The number of hydrogen-bond acceptors (Lipinski definition) is 2. The third-order valence-corrected chi connectivity index (χ3v) is 4.45. The molecule has 2 aromatic rings. The topological polar surface area (TPSA) is 46.9 Å². The first kappa shape index (κ1) is 15.1. The van der Waals surface area contributed by atoms with Crippen molar-refractivity contribution >= 4 is 23.2 Å². The van der Waals surface area contributed by atoms with Crippen molar-refractivity contribution in [2.45, 2.75) is 45.6 Å². The van der Waals surface area contributed by atoms with Gasteiger partial charge in [0.2, 0.25) is 5.91 Å². The molecule has 1 aliphatic rings. The minimum atomic E-state index is -0.0856. The van der Waals surface area contributed by atoms with Gasteiger partial charge in [-0.1, -0.05) is 24.1 Å². The number of benzene rings is 1. The summed E-state index contributed by atoms with van der Waals surface area (Å²) in [5, 5.41) is 8.08. The zero-order chi connectivity index (χ0) is 15.5. The summed E-state index contributed by atoms with van der Waals surface area (Å²) in [6.07, 6.45) is 7.79. The van der Waals surface area contributed by atoms with Crippen molar-refractivity contribution in [3.63, 3.8) is 0 Å². The molecule has 116 valence electrons. The third-order valence-electron chi connectivity index (χ3n) is 4.05. The Labute approximate surface area is 135 Å². The highest BCUT2D eigenvalue weighted by molar-refractivity contribution is 6.31. The summed E-state index contributed by atoms with van der Waals surface area (Å²) in [4.78, 5) is 12.1. The second-order valence-electron chi connectivity index (χ2n) is 5.87. The van der Waals surface area contributed by atoms with Crippen LogP contribution in [0.4, 0.5) is 5.69 Å². The fraction of sp³-hybridized carbons (Fsp3) is 0.412. The summed E-state index contributed by atoms with van der Waals surface area (Å²) in [5.74, 6) is -0.0856. The van der Waals surface area contributed by atoms with Crippen LogP contribution >= 0.6 is 11.6 Å². The molecule has 0 unspecified atom stereocenters. The Morgan fingerprint density at radius 2 is 2.14 bits per heavy atom. The number of halogens is 1. The fourth-order valence-corrected chi connectivity index (χ4v) is 2.99. The number of nitrogens with one attached hydrogen (secondary N) is 1. The average Bonchev–Trinajstić information content (AvgIpc) is 2.71. The maximum atomic E-state index is 12.1. The molecule has 22 heavy (non-hydrogen) atoms. The molecule has 1 amide bonds. The molecule has 0 fully saturated rings. The van der Waals surface area contributed by atoms with Gasteiger partial charge in [-0.3, -0.25) is 9.48 Å². The molecule has 0 atom stereocenters. The van der Waals surface area contributed by atoms with Crippen LogP contribution in [0, 0.1) is 6.92 Å². The van der Waals surface area contributed by atoms with Crippen molar-refractivity contribution < 1.29 is 4.79 Å². The van der Waals surface area contributed by atoms with Gasteiger partial charge >= 0.3 is 0 Å². The fourth-order valence-electron chi connectivity index (χ4n) is 2.81. The van der Waals surface area contributed by atoms with Gasteiger partial charge in [-0.25, -0.2) is 0 Å². The second kappa shape index (κ2) is 6.53. The van der Waals surface area contributed by atoms with Crippen molar-refractivity contribution in [1.82, 2.24) is 9.78 Å². The van der Waals surface area contributed by atoms with Crippen molar-refractivity contribution in [2.24, 2.45) is 0 Å². The molecule has 1 aliphatic carbocycles. The Bertz CT molecular complexity index is 670. The molecule has 0 radical (unpaired) electrons. The predicted molar refractivity (Wildman–Crippen MR) is 88.3 cm³/mol. The quantitative estimate of drug-likeness (QED) is 0.876. The molecule has 0 spiro atoms. The molecule has 0 bridgehead atoms. The third kappa shape index (κ3) is 3.50. The molecule has 4 nitrogen and oxygen atoms in total. The number of aryl methyl sites for hydroxylation is 3.